The van der Waals surface area contributed by atoms with Crippen LogP contribution in [0, 0.1) is 11.8 Å². The Morgan fingerprint density at radius 2 is 2.18 bits per heavy atom. The molecule has 2 rings (SSSR count). The van der Waals surface area contributed by atoms with Gasteiger partial charge in [0.15, 0.2) is 0 Å². The lowest BCUT2D eigenvalue weighted by molar-refractivity contribution is 0.629. The molecule has 0 spiro atoms. The van der Waals surface area contributed by atoms with Gasteiger partial charge in [0.1, 0.15) is 0 Å². The minimum absolute atomic E-state index is 0.0399. The first-order valence-corrected chi connectivity index (χ1v) is 5.81. The van der Waals surface area contributed by atoms with E-state index in [1.54, 1.807) is 0 Å². The van der Waals surface area contributed by atoms with Crippen molar-refractivity contribution in [1.29, 1.82) is 0 Å². The van der Waals surface area contributed by atoms with Crippen LogP contribution in [0.4, 0.5) is 0 Å². The van der Waals surface area contributed by atoms with Crippen LogP contribution in [-0.2, 0) is 7.05 Å². The van der Waals surface area contributed by atoms with E-state index in [4.69, 9.17) is 5.73 Å². The summed E-state index contributed by atoms with van der Waals surface area (Å²) in [4.78, 5) is 0. The molecule has 0 saturated heterocycles. The van der Waals surface area contributed by atoms with Gasteiger partial charge in [0.2, 0.25) is 0 Å². The SMILES string of the molecule is CC#CCCC(N)c1nn(C)c2ccccc12. The van der Waals surface area contributed by atoms with Crippen molar-refractivity contribution in [1.82, 2.24) is 9.78 Å². The Labute approximate surface area is 102 Å². The number of aryl methyl sites for hydroxylation is 1. The summed E-state index contributed by atoms with van der Waals surface area (Å²) in [6.07, 6.45) is 1.67. The maximum atomic E-state index is 6.17. The van der Waals surface area contributed by atoms with Gasteiger partial charge in [0.05, 0.1) is 17.3 Å². The first kappa shape index (κ1) is 11.7. The molecule has 2 aromatic rings. The summed E-state index contributed by atoms with van der Waals surface area (Å²) in [6.45, 7) is 1.85. The van der Waals surface area contributed by atoms with Gasteiger partial charge in [0, 0.05) is 18.9 Å². The molecule has 2 N–H and O–H groups in total. The molecule has 0 radical (unpaired) electrons. The number of para-hydroxylation sites is 1. The molecule has 1 aromatic carbocycles. The fourth-order valence-corrected chi connectivity index (χ4v) is 2.01. The fourth-order valence-electron chi connectivity index (χ4n) is 2.01. The Morgan fingerprint density at radius 1 is 1.41 bits per heavy atom. The molecule has 0 amide bonds. The molecule has 1 aromatic heterocycles. The molecule has 0 aliphatic rings. The molecule has 3 heteroatoms. The predicted octanol–water partition coefficient (Wildman–Crippen LogP) is 2.38. The molecule has 0 fully saturated rings. The normalized spacial score (nSPS) is 12.2. The van der Waals surface area contributed by atoms with E-state index in [-0.39, 0.29) is 6.04 Å². The molecule has 0 aliphatic heterocycles. The third-order valence-corrected chi connectivity index (χ3v) is 2.89. The predicted molar refractivity (Wildman–Crippen MR) is 70.3 cm³/mol. The van der Waals surface area contributed by atoms with Crippen molar-refractivity contribution >= 4 is 10.9 Å². The van der Waals surface area contributed by atoms with E-state index >= 15 is 0 Å². The number of rotatable bonds is 3. The third kappa shape index (κ3) is 2.32. The van der Waals surface area contributed by atoms with Crippen LogP contribution in [0.5, 0.6) is 0 Å². The van der Waals surface area contributed by atoms with Crippen LogP contribution in [0.15, 0.2) is 24.3 Å². The van der Waals surface area contributed by atoms with Gasteiger partial charge < -0.3 is 5.73 Å². The van der Waals surface area contributed by atoms with E-state index in [1.807, 2.05) is 30.8 Å². The molecule has 88 valence electrons. The Kier molecular flexibility index (Phi) is 3.46. The molecular formula is C14H17N3. The van der Waals surface area contributed by atoms with Crippen LogP contribution in [0.2, 0.25) is 0 Å². The smallest absolute Gasteiger partial charge is 0.0870 e. The van der Waals surface area contributed by atoms with Crippen molar-refractivity contribution in [2.45, 2.75) is 25.8 Å². The largest absolute Gasteiger partial charge is 0.323 e. The molecule has 1 heterocycles. The highest BCUT2D eigenvalue weighted by Gasteiger charge is 2.14. The second kappa shape index (κ2) is 5.03. The molecule has 0 bridgehead atoms. The Hall–Kier alpha value is -1.79. The van der Waals surface area contributed by atoms with E-state index < -0.39 is 0 Å². The van der Waals surface area contributed by atoms with Gasteiger partial charge in [-0.15, -0.1) is 11.8 Å². The number of hydrogen-bond donors (Lipinski definition) is 1. The van der Waals surface area contributed by atoms with Crippen molar-refractivity contribution in [2.24, 2.45) is 12.8 Å². The lowest BCUT2D eigenvalue weighted by Gasteiger charge is -2.06. The number of hydrogen-bond acceptors (Lipinski definition) is 2. The van der Waals surface area contributed by atoms with Crippen LogP contribution in [0.3, 0.4) is 0 Å². The number of nitrogens with zero attached hydrogens (tertiary/aromatic N) is 2. The summed E-state index contributed by atoms with van der Waals surface area (Å²) in [7, 11) is 1.95. The highest BCUT2D eigenvalue weighted by molar-refractivity contribution is 5.82. The zero-order valence-electron chi connectivity index (χ0n) is 10.3. The first-order valence-electron chi connectivity index (χ1n) is 5.81. The zero-order chi connectivity index (χ0) is 12.3. The van der Waals surface area contributed by atoms with Gasteiger partial charge in [-0.05, 0) is 19.4 Å². The zero-order valence-corrected chi connectivity index (χ0v) is 10.3. The number of nitrogens with two attached hydrogens (primary N) is 1. The van der Waals surface area contributed by atoms with E-state index in [0.717, 1.165) is 29.4 Å². The fraction of sp³-hybridized carbons (Fsp3) is 0.357. The Balaban J connectivity index is 2.31. The molecule has 0 saturated carbocycles. The second-order valence-electron chi connectivity index (χ2n) is 4.10. The van der Waals surface area contributed by atoms with Gasteiger partial charge in [-0.25, -0.2) is 0 Å². The second-order valence-corrected chi connectivity index (χ2v) is 4.10. The van der Waals surface area contributed by atoms with Gasteiger partial charge in [-0.1, -0.05) is 18.2 Å². The maximum Gasteiger partial charge on any atom is 0.0870 e. The maximum absolute atomic E-state index is 6.17. The summed E-state index contributed by atoms with van der Waals surface area (Å²) < 4.78 is 1.88. The van der Waals surface area contributed by atoms with Gasteiger partial charge >= 0.3 is 0 Å². The van der Waals surface area contributed by atoms with Gasteiger partial charge in [-0.3, -0.25) is 4.68 Å². The minimum Gasteiger partial charge on any atom is -0.323 e. The standard InChI is InChI=1S/C14H17N3/c1-3-4-5-9-12(15)14-11-8-6-7-10-13(11)17(2)16-14/h6-8,10,12H,5,9,15H2,1-2H3. The quantitative estimate of drug-likeness (QED) is 0.818. The Bertz CT molecular complexity index is 572. The van der Waals surface area contributed by atoms with E-state index in [1.165, 1.54) is 0 Å². The number of benzene rings is 1. The lowest BCUT2D eigenvalue weighted by atomic mass is 10.1. The van der Waals surface area contributed by atoms with Gasteiger partial charge in [-0.2, -0.15) is 5.10 Å². The monoisotopic (exact) mass is 227 g/mol. The average molecular weight is 227 g/mol. The summed E-state index contributed by atoms with van der Waals surface area (Å²) in [5, 5.41) is 5.66. The van der Waals surface area contributed by atoms with Crippen molar-refractivity contribution in [2.75, 3.05) is 0 Å². The first-order chi connectivity index (χ1) is 8.24. The summed E-state index contributed by atoms with van der Waals surface area (Å²) >= 11 is 0. The molecule has 0 aliphatic carbocycles. The minimum atomic E-state index is -0.0399. The highest BCUT2D eigenvalue weighted by Crippen LogP contribution is 2.24. The topological polar surface area (TPSA) is 43.8 Å². The molecule has 1 atom stereocenters. The van der Waals surface area contributed by atoms with E-state index in [0.29, 0.717) is 0 Å². The third-order valence-electron chi connectivity index (χ3n) is 2.89. The van der Waals surface area contributed by atoms with Crippen molar-refractivity contribution in [3.05, 3.63) is 30.0 Å². The van der Waals surface area contributed by atoms with Crippen LogP contribution < -0.4 is 5.73 Å². The molecule has 1 unspecified atom stereocenters. The van der Waals surface area contributed by atoms with Crippen molar-refractivity contribution < 1.29 is 0 Å². The molecular weight excluding hydrogens is 210 g/mol. The highest BCUT2D eigenvalue weighted by atomic mass is 15.3. The number of fused-ring (bicyclic) bond motifs is 1. The summed E-state index contributed by atoms with van der Waals surface area (Å²) in [6, 6.07) is 8.13. The van der Waals surface area contributed by atoms with Crippen molar-refractivity contribution in [3.63, 3.8) is 0 Å². The number of aromatic nitrogens is 2. The van der Waals surface area contributed by atoms with Crippen LogP contribution in [0.25, 0.3) is 10.9 Å². The van der Waals surface area contributed by atoms with Crippen molar-refractivity contribution in [3.8, 4) is 11.8 Å². The molecule has 3 nitrogen and oxygen atoms in total. The van der Waals surface area contributed by atoms with Crippen LogP contribution in [-0.4, -0.2) is 9.78 Å². The summed E-state index contributed by atoms with van der Waals surface area (Å²) in [5.41, 5.74) is 8.27. The lowest BCUT2D eigenvalue weighted by Crippen LogP contribution is -2.11. The molecule has 17 heavy (non-hydrogen) atoms. The van der Waals surface area contributed by atoms with E-state index in [9.17, 15) is 0 Å². The average Bonchev–Trinajstić information content (AvgIpc) is 2.68. The van der Waals surface area contributed by atoms with Crippen LogP contribution >= 0.6 is 0 Å². The van der Waals surface area contributed by atoms with Gasteiger partial charge in [0.25, 0.3) is 0 Å². The summed E-state index contributed by atoms with van der Waals surface area (Å²) in [5.74, 6) is 5.92. The van der Waals surface area contributed by atoms with E-state index in [2.05, 4.69) is 29.1 Å². The van der Waals surface area contributed by atoms with Crippen LogP contribution in [0.1, 0.15) is 31.5 Å². The Morgan fingerprint density at radius 3 is 2.94 bits per heavy atom.